The van der Waals surface area contributed by atoms with Gasteiger partial charge in [-0.25, -0.2) is 0 Å². The van der Waals surface area contributed by atoms with E-state index in [2.05, 4.69) is 35.7 Å². The molecule has 9 heteroatoms. The van der Waals surface area contributed by atoms with Crippen molar-refractivity contribution in [3.05, 3.63) is 16.6 Å². The summed E-state index contributed by atoms with van der Waals surface area (Å²) in [5, 5.41) is 13.2. The number of nitrogens with one attached hydrogen (secondary N) is 4. The van der Waals surface area contributed by atoms with Gasteiger partial charge in [-0.15, -0.1) is 0 Å². The first-order valence-electron chi connectivity index (χ1n) is 8.34. The van der Waals surface area contributed by atoms with Gasteiger partial charge in [0.1, 0.15) is 5.39 Å². The van der Waals surface area contributed by atoms with Gasteiger partial charge in [-0.05, 0) is 19.3 Å². The van der Waals surface area contributed by atoms with Crippen LogP contribution in [0.25, 0.3) is 11.0 Å². The molecule has 0 unspecified atom stereocenters. The summed E-state index contributed by atoms with van der Waals surface area (Å²) in [6, 6.07) is 0.225. The lowest BCUT2D eigenvalue weighted by atomic mass is 10.1. The van der Waals surface area contributed by atoms with Crippen LogP contribution < -0.4 is 16.2 Å². The molecule has 0 aliphatic carbocycles. The standard InChI is InChI=1S/C15H23N7O2/c1-2-5-16-12(23)9-22-6-3-10(4-7-22)18-15-19-13-11(8-17-21-13)14(24)20-15/h8,10H,2-7,9H2,1H3,(H,16,23)(H3,17,18,19,20,21,24). The Hall–Kier alpha value is -2.42. The number of carbonyl (C=O) groups is 1. The van der Waals surface area contributed by atoms with E-state index in [4.69, 9.17) is 0 Å². The average molecular weight is 333 g/mol. The molecule has 0 saturated carbocycles. The van der Waals surface area contributed by atoms with Gasteiger partial charge in [0, 0.05) is 25.7 Å². The van der Waals surface area contributed by atoms with Crippen molar-refractivity contribution in [2.45, 2.75) is 32.2 Å². The minimum Gasteiger partial charge on any atom is -0.355 e. The molecular weight excluding hydrogens is 310 g/mol. The van der Waals surface area contributed by atoms with E-state index in [1.165, 1.54) is 6.20 Å². The quantitative estimate of drug-likeness (QED) is 0.593. The maximum atomic E-state index is 11.9. The van der Waals surface area contributed by atoms with Crippen molar-refractivity contribution in [1.82, 2.24) is 30.4 Å². The topological polar surface area (TPSA) is 119 Å². The third-order valence-corrected chi connectivity index (χ3v) is 4.19. The van der Waals surface area contributed by atoms with E-state index < -0.39 is 0 Å². The van der Waals surface area contributed by atoms with Gasteiger partial charge in [-0.2, -0.15) is 10.1 Å². The van der Waals surface area contributed by atoms with Crippen LogP contribution in [-0.4, -0.2) is 63.2 Å². The lowest BCUT2D eigenvalue weighted by Crippen LogP contribution is -2.44. The second-order valence-corrected chi connectivity index (χ2v) is 6.09. The van der Waals surface area contributed by atoms with Crippen LogP contribution in [0.1, 0.15) is 26.2 Å². The lowest BCUT2D eigenvalue weighted by molar-refractivity contribution is -0.122. The number of carbonyl (C=O) groups excluding carboxylic acids is 1. The fraction of sp³-hybridized carbons (Fsp3) is 0.600. The van der Waals surface area contributed by atoms with E-state index in [-0.39, 0.29) is 17.5 Å². The Labute approximate surface area is 139 Å². The zero-order valence-electron chi connectivity index (χ0n) is 13.8. The Bertz CT molecular complexity index is 746. The van der Waals surface area contributed by atoms with Gasteiger partial charge in [-0.3, -0.25) is 24.6 Å². The number of fused-ring (bicyclic) bond motifs is 1. The predicted molar refractivity (Wildman–Crippen MR) is 90.9 cm³/mol. The number of H-pyrrole nitrogens is 2. The summed E-state index contributed by atoms with van der Waals surface area (Å²) in [6.45, 7) is 4.89. The molecule has 24 heavy (non-hydrogen) atoms. The summed E-state index contributed by atoms with van der Waals surface area (Å²) in [5.41, 5.74) is 0.271. The largest absolute Gasteiger partial charge is 0.355 e. The van der Waals surface area contributed by atoms with Crippen LogP contribution in [0.3, 0.4) is 0 Å². The summed E-state index contributed by atoms with van der Waals surface area (Å²) in [6.07, 6.45) is 4.20. The number of aromatic nitrogens is 4. The van der Waals surface area contributed by atoms with Crippen molar-refractivity contribution in [1.29, 1.82) is 0 Å². The highest BCUT2D eigenvalue weighted by Crippen LogP contribution is 2.14. The number of anilines is 1. The number of aromatic amines is 2. The highest BCUT2D eigenvalue weighted by atomic mass is 16.2. The summed E-state index contributed by atoms with van der Waals surface area (Å²) >= 11 is 0. The van der Waals surface area contributed by atoms with E-state index in [0.29, 0.717) is 23.5 Å². The Kier molecular flexibility index (Phi) is 5.09. The molecule has 1 aliphatic heterocycles. The molecule has 1 saturated heterocycles. The first kappa shape index (κ1) is 16.4. The molecule has 3 rings (SSSR count). The number of piperidine rings is 1. The second-order valence-electron chi connectivity index (χ2n) is 6.09. The molecule has 1 fully saturated rings. The third kappa shape index (κ3) is 3.91. The molecular formula is C15H23N7O2. The van der Waals surface area contributed by atoms with Crippen LogP contribution in [-0.2, 0) is 4.79 Å². The van der Waals surface area contributed by atoms with Crippen molar-refractivity contribution < 1.29 is 4.79 Å². The molecule has 4 N–H and O–H groups in total. The monoisotopic (exact) mass is 333 g/mol. The number of rotatable bonds is 6. The molecule has 3 heterocycles. The van der Waals surface area contributed by atoms with Crippen molar-refractivity contribution in [2.75, 3.05) is 31.5 Å². The van der Waals surface area contributed by atoms with Crippen LogP contribution >= 0.6 is 0 Å². The molecule has 0 bridgehead atoms. The molecule has 0 aromatic carbocycles. The van der Waals surface area contributed by atoms with Crippen LogP contribution in [0.5, 0.6) is 0 Å². The Morgan fingerprint density at radius 1 is 1.42 bits per heavy atom. The number of hydrogen-bond acceptors (Lipinski definition) is 6. The number of likely N-dealkylation sites (tertiary alicyclic amines) is 1. The molecule has 1 amide bonds. The van der Waals surface area contributed by atoms with Gasteiger partial charge >= 0.3 is 0 Å². The minimum absolute atomic E-state index is 0.0824. The van der Waals surface area contributed by atoms with Crippen molar-refractivity contribution in [3.63, 3.8) is 0 Å². The van der Waals surface area contributed by atoms with E-state index in [9.17, 15) is 9.59 Å². The average Bonchev–Trinajstić information content (AvgIpc) is 3.04. The second kappa shape index (κ2) is 7.43. The van der Waals surface area contributed by atoms with E-state index >= 15 is 0 Å². The maximum absolute atomic E-state index is 11.9. The van der Waals surface area contributed by atoms with Crippen molar-refractivity contribution >= 4 is 22.9 Å². The van der Waals surface area contributed by atoms with Crippen LogP contribution in [0.4, 0.5) is 5.95 Å². The number of hydrogen-bond donors (Lipinski definition) is 4. The smallest absolute Gasteiger partial charge is 0.263 e. The molecule has 0 radical (unpaired) electrons. The SMILES string of the molecule is CCCNC(=O)CN1CCC(Nc2nc3[nH]ncc3c(=O)[nH]2)CC1. The fourth-order valence-corrected chi connectivity index (χ4v) is 2.87. The van der Waals surface area contributed by atoms with Crippen LogP contribution in [0.15, 0.2) is 11.0 Å². The van der Waals surface area contributed by atoms with Gasteiger partial charge in [-0.1, -0.05) is 6.92 Å². The third-order valence-electron chi connectivity index (χ3n) is 4.19. The van der Waals surface area contributed by atoms with Crippen molar-refractivity contribution in [3.8, 4) is 0 Å². The molecule has 2 aromatic rings. The fourth-order valence-electron chi connectivity index (χ4n) is 2.87. The highest BCUT2D eigenvalue weighted by molar-refractivity contribution is 5.78. The zero-order valence-corrected chi connectivity index (χ0v) is 13.8. The highest BCUT2D eigenvalue weighted by Gasteiger charge is 2.21. The van der Waals surface area contributed by atoms with Crippen LogP contribution in [0.2, 0.25) is 0 Å². The summed E-state index contributed by atoms with van der Waals surface area (Å²) in [4.78, 5) is 32.9. The van der Waals surface area contributed by atoms with E-state index in [1.54, 1.807) is 0 Å². The predicted octanol–water partition coefficient (Wildman–Crippen LogP) is 0.0487. The molecule has 1 aliphatic rings. The molecule has 0 spiro atoms. The lowest BCUT2D eigenvalue weighted by Gasteiger charge is -2.31. The summed E-state index contributed by atoms with van der Waals surface area (Å²) in [5.74, 6) is 0.537. The first-order valence-corrected chi connectivity index (χ1v) is 8.34. The Morgan fingerprint density at radius 3 is 2.96 bits per heavy atom. The molecule has 2 aromatic heterocycles. The van der Waals surface area contributed by atoms with Gasteiger partial charge in [0.25, 0.3) is 5.56 Å². The number of nitrogens with zero attached hydrogens (tertiary/aromatic N) is 3. The Morgan fingerprint density at radius 2 is 2.21 bits per heavy atom. The molecule has 0 atom stereocenters. The van der Waals surface area contributed by atoms with Gasteiger partial charge < -0.3 is 10.6 Å². The molecule has 130 valence electrons. The van der Waals surface area contributed by atoms with Gasteiger partial charge in [0.05, 0.1) is 12.7 Å². The van der Waals surface area contributed by atoms with E-state index in [0.717, 1.165) is 38.9 Å². The molecule has 9 nitrogen and oxygen atoms in total. The normalized spacial score (nSPS) is 16.4. The minimum atomic E-state index is -0.207. The first-order chi connectivity index (χ1) is 11.7. The summed E-state index contributed by atoms with van der Waals surface area (Å²) in [7, 11) is 0. The maximum Gasteiger partial charge on any atom is 0.263 e. The van der Waals surface area contributed by atoms with E-state index in [1.807, 2.05) is 6.92 Å². The number of amides is 1. The Balaban J connectivity index is 1.51. The van der Waals surface area contributed by atoms with Crippen molar-refractivity contribution in [2.24, 2.45) is 0 Å². The zero-order chi connectivity index (χ0) is 16.9. The van der Waals surface area contributed by atoms with Gasteiger partial charge in [0.2, 0.25) is 11.9 Å². The van der Waals surface area contributed by atoms with Gasteiger partial charge in [0.15, 0.2) is 5.65 Å². The van der Waals surface area contributed by atoms with Crippen LogP contribution in [0, 0.1) is 0 Å². The summed E-state index contributed by atoms with van der Waals surface area (Å²) < 4.78 is 0.